The minimum Gasteiger partial charge on any atom is -0.469 e. The van der Waals surface area contributed by atoms with Gasteiger partial charge in [0, 0.05) is 24.3 Å². The molecule has 90 valence electrons. The summed E-state index contributed by atoms with van der Waals surface area (Å²) >= 11 is 5.66. The molecule has 0 fully saturated rings. The molecule has 16 heavy (non-hydrogen) atoms. The van der Waals surface area contributed by atoms with E-state index in [0.717, 1.165) is 12.2 Å². The highest BCUT2D eigenvalue weighted by Gasteiger charge is 2.19. The molecule has 1 aromatic rings. The van der Waals surface area contributed by atoms with Gasteiger partial charge >= 0.3 is 0 Å². The van der Waals surface area contributed by atoms with Crippen molar-refractivity contribution in [2.24, 2.45) is 0 Å². The molecule has 0 aliphatic rings. The number of carbonyl (C=O) groups excluding carboxylic acids is 1. The molecule has 1 aromatic heterocycles. The molecule has 0 unspecified atom stereocenters. The summed E-state index contributed by atoms with van der Waals surface area (Å²) in [5, 5.41) is 2.95. The molecule has 0 aliphatic heterocycles. The van der Waals surface area contributed by atoms with Gasteiger partial charge in [-0.25, -0.2) is 0 Å². The van der Waals surface area contributed by atoms with Gasteiger partial charge in [0.2, 0.25) is 5.91 Å². The molecule has 0 aromatic carbocycles. The monoisotopic (exact) mass is 243 g/mol. The fraction of sp³-hybridized carbons (Fsp3) is 0.583. The number of nitrogens with one attached hydrogen (secondary N) is 1. The highest BCUT2D eigenvalue weighted by molar-refractivity contribution is 6.17. The average molecular weight is 244 g/mol. The normalized spacial score (nSPS) is 11.4. The summed E-state index contributed by atoms with van der Waals surface area (Å²) < 4.78 is 5.16. The molecule has 0 bridgehead atoms. The molecule has 4 heteroatoms. The first-order chi connectivity index (χ1) is 7.53. The van der Waals surface area contributed by atoms with Gasteiger partial charge in [-0.3, -0.25) is 4.79 Å². The SMILES string of the molecule is CC(C)(CCCl)NC(=O)CCc1ccco1. The van der Waals surface area contributed by atoms with Gasteiger partial charge in [0.25, 0.3) is 0 Å². The van der Waals surface area contributed by atoms with Crippen LogP contribution < -0.4 is 5.32 Å². The van der Waals surface area contributed by atoms with Crippen LogP contribution in [0.3, 0.4) is 0 Å². The zero-order valence-corrected chi connectivity index (χ0v) is 10.5. The zero-order chi connectivity index (χ0) is 12.0. The predicted octanol–water partition coefficient (Wildman–Crippen LogP) is 2.74. The predicted molar refractivity (Wildman–Crippen MR) is 64.6 cm³/mol. The lowest BCUT2D eigenvalue weighted by Crippen LogP contribution is -2.43. The Morgan fingerprint density at radius 1 is 1.56 bits per heavy atom. The van der Waals surface area contributed by atoms with Crippen molar-refractivity contribution in [2.75, 3.05) is 5.88 Å². The Kier molecular flexibility index (Phi) is 4.87. The quantitative estimate of drug-likeness (QED) is 0.781. The molecule has 0 radical (unpaired) electrons. The van der Waals surface area contributed by atoms with Gasteiger partial charge in [0.05, 0.1) is 6.26 Å². The summed E-state index contributed by atoms with van der Waals surface area (Å²) in [4.78, 5) is 11.6. The number of carbonyl (C=O) groups is 1. The topological polar surface area (TPSA) is 42.2 Å². The molecule has 0 aliphatic carbocycles. The van der Waals surface area contributed by atoms with Crippen LogP contribution in [0.1, 0.15) is 32.4 Å². The minimum absolute atomic E-state index is 0.0338. The van der Waals surface area contributed by atoms with Crippen LogP contribution >= 0.6 is 11.6 Å². The van der Waals surface area contributed by atoms with Crippen LogP contribution in [0.15, 0.2) is 22.8 Å². The fourth-order valence-corrected chi connectivity index (χ4v) is 1.90. The summed E-state index contributed by atoms with van der Waals surface area (Å²) in [5.74, 6) is 1.42. The average Bonchev–Trinajstić information content (AvgIpc) is 2.66. The van der Waals surface area contributed by atoms with Crippen LogP contribution in [0.2, 0.25) is 0 Å². The van der Waals surface area contributed by atoms with E-state index in [1.807, 2.05) is 26.0 Å². The largest absolute Gasteiger partial charge is 0.469 e. The lowest BCUT2D eigenvalue weighted by molar-refractivity contribution is -0.122. The molecule has 0 atom stereocenters. The van der Waals surface area contributed by atoms with E-state index in [2.05, 4.69) is 5.32 Å². The van der Waals surface area contributed by atoms with Crippen molar-refractivity contribution in [1.82, 2.24) is 5.32 Å². The molecule has 1 N–H and O–H groups in total. The maximum atomic E-state index is 11.6. The first-order valence-electron chi connectivity index (χ1n) is 5.43. The van der Waals surface area contributed by atoms with Crippen LogP contribution in [0.5, 0.6) is 0 Å². The third-order valence-corrected chi connectivity index (χ3v) is 2.56. The lowest BCUT2D eigenvalue weighted by Gasteiger charge is -2.25. The fourth-order valence-electron chi connectivity index (χ4n) is 1.43. The van der Waals surface area contributed by atoms with Crippen LogP contribution in [-0.4, -0.2) is 17.3 Å². The van der Waals surface area contributed by atoms with Crippen molar-refractivity contribution < 1.29 is 9.21 Å². The molecule has 0 saturated carbocycles. The molecule has 1 heterocycles. The Labute approximate surface area is 101 Å². The number of aryl methyl sites for hydroxylation is 1. The number of alkyl halides is 1. The van der Waals surface area contributed by atoms with E-state index < -0.39 is 0 Å². The number of amides is 1. The highest BCUT2D eigenvalue weighted by Crippen LogP contribution is 2.10. The van der Waals surface area contributed by atoms with E-state index in [9.17, 15) is 4.79 Å². The van der Waals surface area contributed by atoms with Crippen molar-refractivity contribution in [1.29, 1.82) is 0 Å². The maximum Gasteiger partial charge on any atom is 0.220 e. The smallest absolute Gasteiger partial charge is 0.220 e. The van der Waals surface area contributed by atoms with Crippen molar-refractivity contribution in [3.05, 3.63) is 24.2 Å². The number of rotatable bonds is 6. The van der Waals surface area contributed by atoms with E-state index in [1.54, 1.807) is 6.26 Å². The summed E-state index contributed by atoms with van der Waals surface area (Å²) in [7, 11) is 0. The number of hydrogen-bond acceptors (Lipinski definition) is 2. The van der Waals surface area contributed by atoms with Crippen LogP contribution in [0.25, 0.3) is 0 Å². The van der Waals surface area contributed by atoms with E-state index in [1.165, 1.54) is 0 Å². The van der Waals surface area contributed by atoms with Gasteiger partial charge in [-0.1, -0.05) is 0 Å². The lowest BCUT2D eigenvalue weighted by atomic mass is 10.0. The number of hydrogen-bond donors (Lipinski definition) is 1. The molecule has 0 saturated heterocycles. The van der Waals surface area contributed by atoms with Crippen LogP contribution in [0.4, 0.5) is 0 Å². The molecule has 1 rings (SSSR count). The van der Waals surface area contributed by atoms with Gasteiger partial charge in [-0.2, -0.15) is 0 Å². The summed E-state index contributed by atoms with van der Waals surface area (Å²) in [6.07, 6.45) is 3.46. The van der Waals surface area contributed by atoms with Crippen molar-refractivity contribution in [3.8, 4) is 0 Å². The Bertz CT molecular complexity index is 320. The third-order valence-electron chi connectivity index (χ3n) is 2.38. The first kappa shape index (κ1) is 13.1. The van der Waals surface area contributed by atoms with Gasteiger partial charge in [0.1, 0.15) is 5.76 Å². The Hall–Kier alpha value is -0.960. The molecule has 1 amide bonds. The van der Waals surface area contributed by atoms with E-state index in [4.69, 9.17) is 16.0 Å². The number of furan rings is 1. The second-order valence-corrected chi connectivity index (χ2v) is 4.83. The molecular formula is C12H18ClNO2. The third kappa shape index (κ3) is 4.71. The summed E-state index contributed by atoms with van der Waals surface area (Å²) in [6.45, 7) is 3.94. The first-order valence-corrected chi connectivity index (χ1v) is 5.96. The summed E-state index contributed by atoms with van der Waals surface area (Å²) in [5.41, 5.74) is -0.234. The van der Waals surface area contributed by atoms with Crippen LogP contribution in [-0.2, 0) is 11.2 Å². The van der Waals surface area contributed by atoms with E-state index >= 15 is 0 Å². The number of halogens is 1. The van der Waals surface area contributed by atoms with Gasteiger partial charge in [-0.15, -0.1) is 11.6 Å². The Morgan fingerprint density at radius 3 is 2.88 bits per heavy atom. The van der Waals surface area contributed by atoms with Gasteiger partial charge < -0.3 is 9.73 Å². The van der Waals surface area contributed by atoms with E-state index in [0.29, 0.717) is 18.7 Å². The minimum atomic E-state index is -0.234. The second kappa shape index (κ2) is 5.94. The van der Waals surface area contributed by atoms with Crippen molar-refractivity contribution in [3.63, 3.8) is 0 Å². The van der Waals surface area contributed by atoms with Crippen molar-refractivity contribution in [2.45, 2.75) is 38.6 Å². The van der Waals surface area contributed by atoms with Crippen molar-refractivity contribution >= 4 is 17.5 Å². The summed E-state index contributed by atoms with van der Waals surface area (Å²) in [6, 6.07) is 3.70. The maximum absolute atomic E-state index is 11.6. The highest BCUT2D eigenvalue weighted by atomic mass is 35.5. The molecular weight excluding hydrogens is 226 g/mol. The zero-order valence-electron chi connectivity index (χ0n) is 9.75. The molecule has 3 nitrogen and oxygen atoms in total. The standard InChI is InChI=1S/C12H18ClNO2/c1-12(2,7-8-13)14-11(15)6-5-10-4-3-9-16-10/h3-4,9H,5-8H2,1-2H3,(H,14,15). The van der Waals surface area contributed by atoms with Gasteiger partial charge in [0.15, 0.2) is 0 Å². The Balaban J connectivity index is 2.30. The van der Waals surface area contributed by atoms with E-state index in [-0.39, 0.29) is 11.4 Å². The molecule has 0 spiro atoms. The van der Waals surface area contributed by atoms with Crippen LogP contribution in [0, 0.1) is 0 Å². The Morgan fingerprint density at radius 2 is 2.31 bits per heavy atom. The second-order valence-electron chi connectivity index (χ2n) is 4.45. The van der Waals surface area contributed by atoms with Gasteiger partial charge in [-0.05, 0) is 32.4 Å².